The van der Waals surface area contributed by atoms with Crippen molar-refractivity contribution in [2.75, 3.05) is 19.3 Å². The number of amides is 2. The molecule has 0 bridgehead atoms. The van der Waals surface area contributed by atoms with Crippen LogP contribution in [0.2, 0.25) is 5.02 Å². The van der Waals surface area contributed by atoms with E-state index in [9.17, 15) is 18.0 Å². The van der Waals surface area contributed by atoms with E-state index in [4.69, 9.17) is 11.6 Å². The molecule has 9 heteroatoms. The SMILES string of the molecule is CC(C)CNC(=O)[C@@H](c1ccccc1)N(Cc1ccc(Cl)cc1)C(=O)CN(Cc1ccccc1)S(C)(=O)=O. The highest BCUT2D eigenvalue weighted by molar-refractivity contribution is 7.88. The van der Waals surface area contributed by atoms with Crippen molar-refractivity contribution < 1.29 is 18.0 Å². The zero-order valence-electron chi connectivity index (χ0n) is 21.9. The van der Waals surface area contributed by atoms with Crippen LogP contribution in [0.3, 0.4) is 0 Å². The molecule has 0 saturated heterocycles. The summed E-state index contributed by atoms with van der Waals surface area (Å²) in [6, 6.07) is 24.2. The Kier molecular flexibility index (Phi) is 10.5. The number of nitrogens with one attached hydrogen (secondary N) is 1. The van der Waals surface area contributed by atoms with E-state index in [-0.39, 0.29) is 24.9 Å². The fourth-order valence-corrected chi connectivity index (χ4v) is 4.79. The molecule has 0 unspecified atom stereocenters. The van der Waals surface area contributed by atoms with E-state index in [1.165, 1.54) is 4.90 Å². The Morgan fingerprint density at radius 3 is 1.95 bits per heavy atom. The van der Waals surface area contributed by atoms with Gasteiger partial charge in [0.25, 0.3) is 0 Å². The van der Waals surface area contributed by atoms with Gasteiger partial charge in [-0.15, -0.1) is 0 Å². The van der Waals surface area contributed by atoms with E-state index < -0.39 is 28.5 Å². The highest BCUT2D eigenvalue weighted by Crippen LogP contribution is 2.25. The van der Waals surface area contributed by atoms with Crippen molar-refractivity contribution in [1.82, 2.24) is 14.5 Å². The molecule has 3 aromatic rings. The predicted molar refractivity (Wildman–Crippen MR) is 151 cm³/mol. The molecule has 0 aliphatic heterocycles. The first-order valence-electron chi connectivity index (χ1n) is 12.4. The average molecular weight is 556 g/mol. The van der Waals surface area contributed by atoms with Crippen LogP contribution >= 0.6 is 11.6 Å². The Labute approximate surface area is 230 Å². The molecule has 7 nitrogen and oxygen atoms in total. The van der Waals surface area contributed by atoms with E-state index in [0.29, 0.717) is 17.1 Å². The molecule has 38 heavy (non-hydrogen) atoms. The number of carbonyl (C=O) groups is 2. The first-order chi connectivity index (χ1) is 18.0. The van der Waals surface area contributed by atoms with Crippen molar-refractivity contribution in [2.45, 2.75) is 33.0 Å². The molecule has 1 N–H and O–H groups in total. The summed E-state index contributed by atoms with van der Waals surface area (Å²) < 4.78 is 26.5. The van der Waals surface area contributed by atoms with Gasteiger partial charge in [-0.1, -0.05) is 98.2 Å². The van der Waals surface area contributed by atoms with Gasteiger partial charge in [-0.3, -0.25) is 9.59 Å². The van der Waals surface area contributed by atoms with Crippen molar-refractivity contribution in [3.05, 3.63) is 107 Å². The molecule has 3 rings (SSSR count). The fraction of sp³-hybridized carbons (Fsp3) is 0.310. The standard InChI is InChI=1S/C29H34ClN3O4S/c1-22(2)18-31-29(35)28(25-12-8-5-9-13-25)33(20-24-14-16-26(30)17-15-24)27(34)21-32(38(3,36)37)19-23-10-6-4-7-11-23/h4-17,22,28H,18-21H2,1-3H3,(H,31,35)/t28-/m1/s1. The molecule has 0 aliphatic rings. The van der Waals surface area contributed by atoms with Crippen molar-refractivity contribution in [3.63, 3.8) is 0 Å². The maximum absolute atomic E-state index is 13.9. The molecule has 0 aliphatic carbocycles. The summed E-state index contributed by atoms with van der Waals surface area (Å²) >= 11 is 6.07. The van der Waals surface area contributed by atoms with E-state index >= 15 is 0 Å². The number of hydrogen-bond acceptors (Lipinski definition) is 4. The third-order valence-corrected chi connectivity index (χ3v) is 7.38. The minimum absolute atomic E-state index is 0.0374. The van der Waals surface area contributed by atoms with Gasteiger partial charge in [-0.2, -0.15) is 4.31 Å². The van der Waals surface area contributed by atoms with Gasteiger partial charge >= 0.3 is 0 Å². The van der Waals surface area contributed by atoms with Crippen LogP contribution in [0.1, 0.15) is 36.6 Å². The lowest BCUT2D eigenvalue weighted by Crippen LogP contribution is -2.48. The van der Waals surface area contributed by atoms with Gasteiger partial charge in [0.05, 0.1) is 12.8 Å². The monoisotopic (exact) mass is 555 g/mol. The van der Waals surface area contributed by atoms with Crippen molar-refractivity contribution in [3.8, 4) is 0 Å². The minimum atomic E-state index is -3.73. The molecule has 0 aromatic heterocycles. The first-order valence-corrected chi connectivity index (χ1v) is 14.6. The maximum Gasteiger partial charge on any atom is 0.247 e. The second-order valence-corrected chi connectivity index (χ2v) is 12.0. The first kappa shape index (κ1) is 29.4. The molecule has 1 atom stereocenters. The Bertz CT molecular complexity index is 1300. The van der Waals surface area contributed by atoms with Crippen LogP contribution in [0, 0.1) is 5.92 Å². The number of nitrogens with zero attached hydrogens (tertiary/aromatic N) is 2. The molecule has 0 spiro atoms. The van der Waals surface area contributed by atoms with Crippen LogP contribution in [0.5, 0.6) is 0 Å². The van der Waals surface area contributed by atoms with E-state index in [1.807, 2.05) is 38.1 Å². The van der Waals surface area contributed by atoms with Crippen molar-refractivity contribution >= 4 is 33.4 Å². The highest BCUT2D eigenvalue weighted by atomic mass is 35.5. The maximum atomic E-state index is 13.9. The second-order valence-electron chi connectivity index (χ2n) is 9.62. The quantitative estimate of drug-likeness (QED) is 0.352. The zero-order valence-corrected chi connectivity index (χ0v) is 23.5. The van der Waals surface area contributed by atoms with E-state index in [1.54, 1.807) is 60.7 Å². The second kappa shape index (κ2) is 13.6. The van der Waals surface area contributed by atoms with Gasteiger partial charge in [-0.05, 0) is 34.7 Å². The minimum Gasteiger partial charge on any atom is -0.354 e. The fourth-order valence-electron chi connectivity index (χ4n) is 3.94. The summed E-state index contributed by atoms with van der Waals surface area (Å²) in [7, 11) is -3.73. The lowest BCUT2D eigenvalue weighted by molar-refractivity contribution is -0.141. The molecule has 0 saturated carbocycles. The van der Waals surface area contributed by atoms with Gasteiger partial charge in [-0.25, -0.2) is 8.42 Å². The van der Waals surface area contributed by atoms with Gasteiger partial charge in [0.2, 0.25) is 21.8 Å². The lowest BCUT2D eigenvalue weighted by atomic mass is 10.0. The summed E-state index contributed by atoms with van der Waals surface area (Å²) in [6.07, 6.45) is 1.08. The summed E-state index contributed by atoms with van der Waals surface area (Å²) in [4.78, 5) is 28.9. The summed E-state index contributed by atoms with van der Waals surface area (Å²) in [5, 5.41) is 3.50. The molecule has 3 aromatic carbocycles. The lowest BCUT2D eigenvalue weighted by Gasteiger charge is -2.33. The van der Waals surface area contributed by atoms with Gasteiger partial charge in [0.15, 0.2) is 0 Å². The number of sulfonamides is 1. The molecule has 0 fully saturated rings. The summed E-state index contributed by atoms with van der Waals surface area (Å²) in [6.45, 7) is 4.13. The van der Waals surface area contributed by atoms with Crippen LogP contribution in [0.25, 0.3) is 0 Å². The Morgan fingerprint density at radius 2 is 1.39 bits per heavy atom. The Morgan fingerprint density at radius 1 is 0.842 bits per heavy atom. The molecule has 202 valence electrons. The number of hydrogen-bond donors (Lipinski definition) is 1. The van der Waals surface area contributed by atoms with Crippen molar-refractivity contribution in [1.29, 1.82) is 0 Å². The van der Waals surface area contributed by atoms with E-state index in [0.717, 1.165) is 21.7 Å². The van der Waals surface area contributed by atoms with E-state index in [2.05, 4.69) is 5.32 Å². The van der Waals surface area contributed by atoms with Gasteiger partial charge < -0.3 is 10.2 Å². The third-order valence-electron chi connectivity index (χ3n) is 5.93. The third kappa shape index (κ3) is 8.68. The van der Waals surface area contributed by atoms with Crippen LogP contribution in [-0.4, -0.2) is 48.8 Å². The number of halogens is 1. The summed E-state index contributed by atoms with van der Waals surface area (Å²) in [5.41, 5.74) is 2.14. The molecule has 0 radical (unpaired) electrons. The molecular formula is C29H34ClN3O4S. The largest absolute Gasteiger partial charge is 0.354 e. The normalized spacial score (nSPS) is 12.4. The average Bonchev–Trinajstić information content (AvgIpc) is 2.88. The van der Waals surface area contributed by atoms with Crippen molar-refractivity contribution in [2.24, 2.45) is 5.92 Å². The highest BCUT2D eigenvalue weighted by Gasteiger charge is 2.33. The molecular weight excluding hydrogens is 522 g/mol. The number of benzene rings is 3. The Balaban J connectivity index is 2.01. The van der Waals surface area contributed by atoms with Crippen LogP contribution in [0.4, 0.5) is 0 Å². The predicted octanol–water partition coefficient (Wildman–Crippen LogP) is 4.64. The molecule has 0 heterocycles. The molecule has 2 amide bonds. The number of carbonyl (C=O) groups excluding carboxylic acids is 2. The van der Waals surface area contributed by atoms with Gasteiger partial charge in [0, 0.05) is 24.7 Å². The number of rotatable bonds is 12. The van der Waals surface area contributed by atoms with Crippen LogP contribution in [0.15, 0.2) is 84.9 Å². The van der Waals surface area contributed by atoms with Gasteiger partial charge in [0.1, 0.15) is 6.04 Å². The smallest absolute Gasteiger partial charge is 0.247 e. The zero-order chi connectivity index (χ0) is 27.7. The topological polar surface area (TPSA) is 86.8 Å². The van der Waals surface area contributed by atoms with Crippen LogP contribution in [-0.2, 0) is 32.7 Å². The Hall–Kier alpha value is -3.20. The van der Waals surface area contributed by atoms with Crippen LogP contribution < -0.4 is 5.32 Å². The summed E-state index contributed by atoms with van der Waals surface area (Å²) in [5.74, 6) is -0.613.